The maximum atomic E-state index is 12.6. The van der Waals surface area contributed by atoms with E-state index in [0.717, 1.165) is 17.8 Å². The minimum atomic E-state index is -0.111. The van der Waals surface area contributed by atoms with Gasteiger partial charge in [0.25, 0.3) is 0 Å². The first-order chi connectivity index (χ1) is 9.97. The minimum absolute atomic E-state index is 0.111. The predicted molar refractivity (Wildman–Crippen MR) is 79.4 cm³/mol. The van der Waals surface area contributed by atoms with Crippen molar-refractivity contribution in [1.82, 2.24) is 9.80 Å². The van der Waals surface area contributed by atoms with E-state index in [4.69, 9.17) is 0 Å². The summed E-state index contributed by atoms with van der Waals surface area (Å²) >= 11 is 0. The zero-order valence-electron chi connectivity index (χ0n) is 13.2. The molecule has 0 N–H and O–H groups in total. The van der Waals surface area contributed by atoms with Crippen LogP contribution in [0.5, 0.6) is 0 Å². The molecular weight excluding hydrogens is 264 g/mol. The van der Waals surface area contributed by atoms with Crippen molar-refractivity contribution in [1.29, 1.82) is 0 Å². The number of hydrogen-bond donors (Lipinski definition) is 0. The number of rotatable bonds is 2. The van der Waals surface area contributed by atoms with E-state index < -0.39 is 0 Å². The van der Waals surface area contributed by atoms with Crippen LogP contribution in [0.25, 0.3) is 0 Å². The molecule has 5 rings (SSSR count). The summed E-state index contributed by atoms with van der Waals surface area (Å²) in [5, 5.41) is 0. The molecule has 2 amide bonds. The summed E-state index contributed by atoms with van der Waals surface area (Å²) in [6.45, 7) is 0.669. The Morgan fingerprint density at radius 1 is 1.10 bits per heavy atom. The fraction of sp³-hybridized carbons (Fsp3) is 0.882. The Morgan fingerprint density at radius 2 is 1.62 bits per heavy atom. The molecule has 1 unspecified atom stereocenters. The molecule has 1 saturated heterocycles. The largest absolute Gasteiger partial charge is 0.349 e. The van der Waals surface area contributed by atoms with Crippen LogP contribution in [0.4, 0.5) is 0 Å². The van der Waals surface area contributed by atoms with Crippen LogP contribution in [0.1, 0.15) is 44.9 Å². The van der Waals surface area contributed by atoms with Crippen molar-refractivity contribution >= 4 is 11.8 Å². The van der Waals surface area contributed by atoms with E-state index in [0.29, 0.717) is 13.0 Å². The van der Waals surface area contributed by atoms with E-state index in [1.54, 1.807) is 19.0 Å². The Balaban J connectivity index is 1.56. The minimum Gasteiger partial charge on any atom is -0.349 e. The number of amides is 2. The summed E-state index contributed by atoms with van der Waals surface area (Å²) in [6, 6.07) is 0. The fourth-order valence-electron chi connectivity index (χ4n) is 6.09. The average Bonchev–Trinajstić information content (AvgIpc) is 2.79. The Bertz CT molecular complexity index is 450. The number of carbonyl (C=O) groups excluding carboxylic acids is 2. The summed E-state index contributed by atoms with van der Waals surface area (Å²) in [7, 11) is 3.58. The molecule has 0 spiro atoms. The monoisotopic (exact) mass is 290 g/mol. The molecule has 0 radical (unpaired) electrons. The highest BCUT2D eigenvalue weighted by atomic mass is 16.2. The fourth-order valence-corrected chi connectivity index (χ4v) is 6.09. The summed E-state index contributed by atoms with van der Waals surface area (Å²) in [4.78, 5) is 28.6. The van der Waals surface area contributed by atoms with E-state index in [1.807, 2.05) is 0 Å². The number of hydrogen-bond acceptors (Lipinski definition) is 2. The summed E-state index contributed by atoms with van der Waals surface area (Å²) in [5.74, 6) is 2.76. The van der Waals surface area contributed by atoms with Crippen LogP contribution in [-0.4, -0.2) is 47.8 Å². The van der Waals surface area contributed by atoms with Gasteiger partial charge in [0, 0.05) is 32.6 Å². The highest BCUT2D eigenvalue weighted by molar-refractivity contribution is 5.89. The van der Waals surface area contributed by atoms with Gasteiger partial charge in [0.15, 0.2) is 0 Å². The number of carbonyl (C=O) groups is 2. The zero-order valence-corrected chi connectivity index (χ0v) is 13.2. The quantitative estimate of drug-likeness (QED) is 0.779. The van der Waals surface area contributed by atoms with Crippen LogP contribution in [0.15, 0.2) is 0 Å². The Hall–Kier alpha value is -1.06. The summed E-state index contributed by atoms with van der Waals surface area (Å²) in [5.41, 5.74) is 0.118. The van der Waals surface area contributed by atoms with Gasteiger partial charge in [0.2, 0.25) is 11.8 Å². The van der Waals surface area contributed by atoms with Gasteiger partial charge in [-0.3, -0.25) is 9.59 Å². The second-order valence-corrected chi connectivity index (χ2v) is 8.28. The molecule has 4 saturated carbocycles. The molecule has 0 aromatic heterocycles. The van der Waals surface area contributed by atoms with Gasteiger partial charge in [-0.15, -0.1) is 0 Å². The van der Waals surface area contributed by atoms with Crippen molar-refractivity contribution in [3.63, 3.8) is 0 Å². The Kier molecular flexibility index (Phi) is 2.89. The molecule has 1 aliphatic heterocycles. The highest BCUT2D eigenvalue weighted by Gasteiger charge is 2.56. The van der Waals surface area contributed by atoms with Crippen LogP contribution >= 0.6 is 0 Å². The maximum absolute atomic E-state index is 12.6. The third-order valence-electron chi connectivity index (χ3n) is 6.49. The van der Waals surface area contributed by atoms with Gasteiger partial charge in [-0.1, -0.05) is 0 Å². The lowest BCUT2D eigenvalue weighted by Gasteiger charge is -2.59. The molecule has 4 bridgehead atoms. The summed E-state index contributed by atoms with van der Waals surface area (Å²) < 4.78 is 0. The Labute approximate surface area is 126 Å². The second-order valence-electron chi connectivity index (χ2n) is 8.28. The van der Waals surface area contributed by atoms with E-state index >= 15 is 0 Å². The van der Waals surface area contributed by atoms with Gasteiger partial charge in [-0.2, -0.15) is 0 Å². The van der Waals surface area contributed by atoms with E-state index in [9.17, 15) is 9.59 Å². The topological polar surface area (TPSA) is 40.6 Å². The maximum Gasteiger partial charge on any atom is 0.227 e. The van der Waals surface area contributed by atoms with Crippen molar-refractivity contribution in [3.05, 3.63) is 0 Å². The van der Waals surface area contributed by atoms with Crippen molar-refractivity contribution < 1.29 is 9.59 Å². The van der Waals surface area contributed by atoms with Crippen LogP contribution in [0, 0.1) is 23.7 Å². The third kappa shape index (κ3) is 2.01. The molecule has 1 atom stereocenters. The highest BCUT2D eigenvalue weighted by Crippen LogP contribution is 2.58. The van der Waals surface area contributed by atoms with Crippen LogP contribution < -0.4 is 0 Å². The zero-order chi connectivity index (χ0) is 14.8. The normalized spacial score (nSPS) is 44.5. The molecule has 4 heteroatoms. The van der Waals surface area contributed by atoms with Crippen molar-refractivity contribution in [3.8, 4) is 0 Å². The van der Waals surface area contributed by atoms with Gasteiger partial charge < -0.3 is 9.80 Å². The molecule has 5 fully saturated rings. The standard InChI is InChI=1S/C17H26N2O2/c1-18(2)16(21)14-6-15(20)19(10-14)17-7-11-3-12(8-17)5-13(4-11)9-17/h11-14H,3-10H2,1-2H3. The summed E-state index contributed by atoms with van der Waals surface area (Å²) in [6.07, 6.45) is 8.21. The molecule has 0 aromatic carbocycles. The molecule has 116 valence electrons. The molecule has 4 aliphatic carbocycles. The number of nitrogens with zero attached hydrogens (tertiary/aromatic N) is 2. The van der Waals surface area contributed by atoms with E-state index in [-0.39, 0.29) is 23.3 Å². The SMILES string of the molecule is CN(C)C(=O)C1CC(=O)N(C23CC4CC(CC(C4)C2)C3)C1. The third-order valence-corrected chi connectivity index (χ3v) is 6.49. The average molecular weight is 290 g/mol. The van der Waals surface area contributed by atoms with Gasteiger partial charge in [-0.25, -0.2) is 0 Å². The molecular formula is C17H26N2O2. The van der Waals surface area contributed by atoms with Gasteiger partial charge >= 0.3 is 0 Å². The lowest BCUT2D eigenvalue weighted by atomic mass is 9.52. The smallest absolute Gasteiger partial charge is 0.227 e. The van der Waals surface area contributed by atoms with Crippen LogP contribution in [0.2, 0.25) is 0 Å². The van der Waals surface area contributed by atoms with Crippen molar-refractivity contribution in [2.45, 2.75) is 50.5 Å². The van der Waals surface area contributed by atoms with Gasteiger partial charge in [-0.05, 0) is 56.3 Å². The molecule has 0 aromatic rings. The molecule has 5 aliphatic rings. The first-order valence-corrected chi connectivity index (χ1v) is 8.48. The van der Waals surface area contributed by atoms with E-state index in [2.05, 4.69) is 4.90 Å². The van der Waals surface area contributed by atoms with Gasteiger partial charge in [0.05, 0.1) is 5.92 Å². The molecule has 4 nitrogen and oxygen atoms in total. The van der Waals surface area contributed by atoms with Crippen molar-refractivity contribution in [2.75, 3.05) is 20.6 Å². The van der Waals surface area contributed by atoms with Crippen LogP contribution in [0.3, 0.4) is 0 Å². The first-order valence-electron chi connectivity index (χ1n) is 8.48. The second kappa shape index (κ2) is 4.47. The lowest BCUT2D eigenvalue weighted by Crippen LogP contribution is -2.60. The molecule has 21 heavy (non-hydrogen) atoms. The lowest BCUT2D eigenvalue weighted by molar-refractivity contribution is -0.145. The van der Waals surface area contributed by atoms with E-state index in [1.165, 1.54) is 38.5 Å². The first kappa shape index (κ1) is 13.6. The number of likely N-dealkylation sites (tertiary alicyclic amines) is 1. The Morgan fingerprint density at radius 3 is 2.10 bits per heavy atom. The van der Waals surface area contributed by atoms with Crippen molar-refractivity contribution in [2.24, 2.45) is 23.7 Å². The van der Waals surface area contributed by atoms with Crippen LogP contribution in [-0.2, 0) is 9.59 Å². The predicted octanol–water partition coefficient (Wildman–Crippen LogP) is 1.89. The van der Waals surface area contributed by atoms with Gasteiger partial charge in [0.1, 0.15) is 0 Å². The molecule has 1 heterocycles.